The third-order valence-corrected chi connectivity index (χ3v) is 7.16. The van der Waals surface area contributed by atoms with Gasteiger partial charge in [-0.3, -0.25) is 14.3 Å². The van der Waals surface area contributed by atoms with Gasteiger partial charge >= 0.3 is 23.5 Å². The predicted octanol–water partition coefficient (Wildman–Crippen LogP) is 0.996. The minimum Gasteiger partial charge on any atom is -0.368 e. The van der Waals surface area contributed by atoms with Gasteiger partial charge in [-0.15, -0.1) is 0 Å². The Morgan fingerprint density at radius 2 is 1.81 bits per heavy atom. The average Bonchev–Trinajstić information content (AvgIpc) is 2.90. The highest BCUT2D eigenvalue weighted by Crippen LogP contribution is 2.66. The topological polar surface area (TPSA) is 218 Å². The molecule has 2 unspecified atom stereocenters. The van der Waals surface area contributed by atoms with Crippen LogP contribution in [0.3, 0.4) is 0 Å². The Kier molecular flexibility index (Phi) is 7.13. The Morgan fingerprint density at radius 3 is 2.41 bits per heavy atom. The van der Waals surface area contributed by atoms with Crippen LogP contribution in [-0.4, -0.2) is 42.3 Å². The van der Waals surface area contributed by atoms with Crippen molar-refractivity contribution < 1.29 is 51.2 Å². The second-order valence-electron chi connectivity index (χ2n) is 5.24. The summed E-state index contributed by atoms with van der Waals surface area (Å²) in [6, 6.07) is 0. The molecule has 1 saturated heterocycles. The molecule has 2 heterocycles. The minimum absolute atomic E-state index is 0.131. The lowest BCUT2D eigenvalue weighted by Gasteiger charge is -2.18. The smallest absolute Gasteiger partial charge is 0.368 e. The van der Waals surface area contributed by atoms with Gasteiger partial charge in [-0.25, -0.2) is 13.7 Å². The number of phosphoric acid groups is 3. The molecular formula is C9H15N2O12P3S. The molecule has 2 rings (SSSR count). The molecule has 1 fully saturated rings. The zero-order chi connectivity index (χ0) is 20.5. The minimum atomic E-state index is -5.57. The summed E-state index contributed by atoms with van der Waals surface area (Å²) in [7, 11) is -16.2. The van der Waals surface area contributed by atoms with E-state index in [-0.39, 0.29) is 10.3 Å². The highest BCUT2D eigenvalue weighted by Gasteiger charge is 2.41. The fourth-order valence-electron chi connectivity index (χ4n) is 2.20. The molecule has 1 aromatic heterocycles. The molecule has 0 spiro atoms. The van der Waals surface area contributed by atoms with Crippen molar-refractivity contribution in [2.24, 2.45) is 0 Å². The number of ether oxygens (including phenoxy) is 1. The maximum absolute atomic E-state index is 11.8. The Balaban J connectivity index is 1.92. The molecule has 0 amide bonds. The summed E-state index contributed by atoms with van der Waals surface area (Å²) in [6.07, 6.45) is 0.655. The van der Waals surface area contributed by atoms with Crippen molar-refractivity contribution >= 4 is 35.7 Å². The van der Waals surface area contributed by atoms with E-state index in [0.717, 1.165) is 0 Å². The van der Waals surface area contributed by atoms with E-state index in [0.29, 0.717) is 12.8 Å². The van der Waals surface area contributed by atoms with Crippen molar-refractivity contribution in [3.63, 3.8) is 0 Å². The summed E-state index contributed by atoms with van der Waals surface area (Å²) in [4.78, 5) is 52.2. The second-order valence-corrected chi connectivity index (χ2v) is 10.1. The number of H-pyrrole nitrogens is 2. The first-order chi connectivity index (χ1) is 12.3. The SMILES string of the molecule is O=c1[nH]c(=S)[nH]cc1[C@H]1CC[C@@H](COP(=O)(O)OP(=O)(O)OP(=O)(O)O)O1. The Morgan fingerprint density at radius 1 is 1.15 bits per heavy atom. The fraction of sp³-hybridized carbons (Fsp3) is 0.556. The van der Waals surface area contributed by atoms with Crippen molar-refractivity contribution in [2.75, 3.05) is 6.61 Å². The van der Waals surface area contributed by atoms with Crippen LogP contribution in [0.15, 0.2) is 11.0 Å². The molecular weight excluding hydrogens is 453 g/mol. The summed E-state index contributed by atoms with van der Waals surface area (Å²) in [6.45, 7) is -0.569. The van der Waals surface area contributed by atoms with Crippen LogP contribution in [0.5, 0.6) is 0 Å². The van der Waals surface area contributed by atoms with E-state index in [1.54, 1.807) is 0 Å². The van der Waals surface area contributed by atoms with Gasteiger partial charge < -0.3 is 29.3 Å². The molecule has 1 aliphatic rings. The highest BCUT2D eigenvalue weighted by molar-refractivity contribution is 7.71. The van der Waals surface area contributed by atoms with Crippen molar-refractivity contribution in [2.45, 2.75) is 25.0 Å². The monoisotopic (exact) mass is 468 g/mol. The fourth-order valence-corrected chi connectivity index (χ4v) is 5.40. The van der Waals surface area contributed by atoms with Crippen LogP contribution in [0, 0.1) is 4.77 Å². The number of rotatable bonds is 8. The molecule has 27 heavy (non-hydrogen) atoms. The normalized spacial score (nSPS) is 25.0. The van der Waals surface area contributed by atoms with E-state index in [1.807, 2.05) is 0 Å². The van der Waals surface area contributed by atoms with Crippen molar-refractivity contribution in [1.29, 1.82) is 0 Å². The zero-order valence-electron chi connectivity index (χ0n) is 13.2. The third-order valence-electron chi connectivity index (χ3n) is 3.14. The molecule has 0 saturated carbocycles. The van der Waals surface area contributed by atoms with Gasteiger partial charge in [0.05, 0.1) is 24.4 Å². The van der Waals surface area contributed by atoms with E-state index in [4.69, 9.17) is 31.6 Å². The largest absolute Gasteiger partial charge is 0.490 e. The van der Waals surface area contributed by atoms with E-state index in [9.17, 15) is 23.4 Å². The maximum Gasteiger partial charge on any atom is 0.490 e. The van der Waals surface area contributed by atoms with Crippen molar-refractivity contribution in [3.8, 4) is 0 Å². The van der Waals surface area contributed by atoms with E-state index in [2.05, 4.69) is 23.1 Å². The number of aromatic amines is 2. The Bertz CT molecular complexity index is 939. The second kappa shape index (κ2) is 8.46. The highest BCUT2D eigenvalue weighted by atomic mass is 32.1. The van der Waals surface area contributed by atoms with Crippen molar-refractivity contribution in [3.05, 3.63) is 26.9 Å². The van der Waals surface area contributed by atoms with Gasteiger partial charge in [-0.05, 0) is 25.1 Å². The summed E-state index contributed by atoms with van der Waals surface area (Å²) in [5.41, 5.74) is -0.207. The van der Waals surface area contributed by atoms with Gasteiger partial charge in [0.2, 0.25) is 0 Å². The number of hydrogen-bond donors (Lipinski definition) is 6. The quantitative estimate of drug-likeness (QED) is 0.232. The number of aromatic nitrogens is 2. The van der Waals surface area contributed by atoms with Gasteiger partial charge in [-0.2, -0.15) is 8.62 Å². The van der Waals surface area contributed by atoms with Gasteiger partial charge in [0.25, 0.3) is 5.56 Å². The van der Waals surface area contributed by atoms with E-state index < -0.39 is 47.8 Å². The van der Waals surface area contributed by atoms with Crippen LogP contribution in [0.25, 0.3) is 0 Å². The van der Waals surface area contributed by atoms with Crippen LogP contribution in [0.1, 0.15) is 24.5 Å². The molecule has 4 atom stereocenters. The molecule has 1 aromatic rings. The van der Waals surface area contributed by atoms with Crippen LogP contribution in [0.2, 0.25) is 0 Å². The number of hydrogen-bond acceptors (Lipinski definition) is 9. The average molecular weight is 468 g/mol. The first-order valence-electron chi connectivity index (χ1n) is 7.02. The molecule has 0 bridgehead atoms. The molecule has 0 aromatic carbocycles. The summed E-state index contributed by atoms with van der Waals surface area (Å²) < 4.78 is 50.7. The first kappa shape index (κ1) is 22.8. The lowest BCUT2D eigenvalue weighted by molar-refractivity contribution is 0.00937. The van der Waals surface area contributed by atoms with Crippen LogP contribution >= 0.6 is 35.7 Å². The van der Waals surface area contributed by atoms with Crippen LogP contribution in [-0.2, 0) is 31.6 Å². The molecule has 6 N–H and O–H groups in total. The number of nitrogens with one attached hydrogen (secondary N) is 2. The van der Waals surface area contributed by atoms with Crippen LogP contribution < -0.4 is 5.56 Å². The maximum atomic E-state index is 11.8. The van der Waals surface area contributed by atoms with Crippen LogP contribution in [0.4, 0.5) is 0 Å². The zero-order valence-corrected chi connectivity index (χ0v) is 16.7. The molecule has 0 radical (unpaired) electrons. The summed E-state index contributed by atoms with van der Waals surface area (Å²) in [5, 5.41) is 0. The predicted molar refractivity (Wildman–Crippen MR) is 88.9 cm³/mol. The van der Waals surface area contributed by atoms with Crippen molar-refractivity contribution in [1.82, 2.24) is 9.97 Å². The molecule has 154 valence electrons. The molecule has 0 aliphatic carbocycles. The number of phosphoric ester groups is 1. The summed E-state index contributed by atoms with van der Waals surface area (Å²) in [5.74, 6) is 0. The third kappa shape index (κ3) is 7.42. The lowest BCUT2D eigenvalue weighted by Crippen LogP contribution is -2.19. The Labute approximate surface area is 155 Å². The molecule has 18 heteroatoms. The van der Waals surface area contributed by atoms with E-state index in [1.165, 1.54) is 6.20 Å². The first-order valence-corrected chi connectivity index (χ1v) is 11.9. The van der Waals surface area contributed by atoms with Gasteiger partial charge in [0.15, 0.2) is 4.77 Å². The van der Waals surface area contributed by atoms with Gasteiger partial charge in [0, 0.05) is 6.20 Å². The molecule has 14 nitrogen and oxygen atoms in total. The molecule has 1 aliphatic heterocycles. The van der Waals surface area contributed by atoms with E-state index >= 15 is 0 Å². The van der Waals surface area contributed by atoms with Gasteiger partial charge in [0.1, 0.15) is 0 Å². The standard InChI is InChI=1S/C9H15N2O12P3S/c12-8-6(3-10-9(27)11-8)7-2-1-5(21-7)4-20-25(16,17)23-26(18,19)22-24(13,14)15/h3,5,7H,1-2,4H2,(H,16,17)(H,18,19)(H2,13,14,15)(H2,10,11,12,27)/t5-,7+/m0/s1. The lowest BCUT2D eigenvalue weighted by atomic mass is 10.1. The summed E-state index contributed by atoms with van der Waals surface area (Å²) >= 11 is 4.77. The Hall–Kier alpha value is -0.530. The van der Waals surface area contributed by atoms with Gasteiger partial charge in [-0.1, -0.05) is 0 Å².